The van der Waals surface area contributed by atoms with E-state index in [4.69, 9.17) is 9.47 Å². The van der Waals surface area contributed by atoms with Gasteiger partial charge in [0.05, 0.1) is 14.2 Å². The van der Waals surface area contributed by atoms with E-state index in [1.165, 1.54) is 38.2 Å². The fourth-order valence-corrected chi connectivity index (χ4v) is 6.76. The Kier molecular flexibility index (Phi) is 8.08. The van der Waals surface area contributed by atoms with E-state index < -0.39 is 0 Å². The van der Waals surface area contributed by atoms with Crippen molar-refractivity contribution in [3.63, 3.8) is 0 Å². The molecule has 0 unspecified atom stereocenters. The Morgan fingerprint density at radius 1 is 0.689 bits per heavy atom. The quantitative estimate of drug-likeness (QED) is 0.202. The maximum absolute atomic E-state index is 12.2. The Bertz CT molecular complexity index is 2090. The largest absolute Gasteiger partial charge is 0.469 e. The van der Waals surface area contributed by atoms with Crippen LogP contribution < -0.4 is 21.4 Å². The maximum atomic E-state index is 12.2. The molecule has 8 nitrogen and oxygen atoms in total. The van der Waals surface area contributed by atoms with Crippen molar-refractivity contribution >= 4 is 42.3 Å². The van der Waals surface area contributed by atoms with Crippen molar-refractivity contribution in [1.29, 1.82) is 0 Å². The minimum atomic E-state index is -0.253. The SMILES string of the molecule is C=Cc1c(C)c2[nH]c1=Cc1[nH]c(c(CCC(=O)OC)c1C)C=c1[nH]c(c(C)c1CCC(=O)OC)=Cc1[nH]c(c(C3CC3)c1C)C=2. The van der Waals surface area contributed by atoms with Crippen molar-refractivity contribution in [1.82, 2.24) is 19.9 Å². The third-order valence-corrected chi connectivity index (χ3v) is 9.60. The standard InChI is InChI=1S/C37H42N4O4/c1-8-24-19(2)29-17-34-37(23-9-10-23)22(5)30(41-34)15-27-20(3)25(11-13-35(42)44-6)32(39-27)18-33-26(12-14-36(43)45-7)21(4)28(40-33)16-31(24)38-29/h8,15-18,23,38-41H,1,9-14H2,2-7H3. The number of esters is 2. The van der Waals surface area contributed by atoms with E-state index in [9.17, 15) is 9.59 Å². The van der Waals surface area contributed by atoms with Gasteiger partial charge in [0.1, 0.15) is 0 Å². The zero-order valence-electron chi connectivity index (χ0n) is 27.0. The predicted octanol–water partition coefficient (Wildman–Crippen LogP) is 3.59. The first-order chi connectivity index (χ1) is 21.6. The van der Waals surface area contributed by atoms with E-state index in [0.29, 0.717) is 18.8 Å². The molecule has 4 aromatic heterocycles. The van der Waals surface area contributed by atoms with E-state index in [0.717, 1.165) is 77.6 Å². The molecular weight excluding hydrogens is 564 g/mol. The van der Waals surface area contributed by atoms with E-state index in [-0.39, 0.29) is 24.8 Å². The summed E-state index contributed by atoms with van der Waals surface area (Å²) in [4.78, 5) is 39.2. The molecule has 2 aliphatic rings. The van der Waals surface area contributed by atoms with Crippen LogP contribution >= 0.6 is 0 Å². The Morgan fingerprint density at radius 2 is 1.22 bits per heavy atom. The second kappa shape index (κ2) is 12.0. The van der Waals surface area contributed by atoms with Crippen molar-refractivity contribution in [2.24, 2.45) is 0 Å². The molecule has 8 bridgehead atoms. The van der Waals surface area contributed by atoms with E-state index in [1.807, 2.05) is 6.08 Å². The van der Waals surface area contributed by atoms with Gasteiger partial charge in [0.25, 0.3) is 0 Å². The molecule has 0 aromatic carbocycles. The van der Waals surface area contributed by atoms with Crippen LogP contribution in [0.25, 0.3) is 30.4 Å². The van der Waals surface area contributed by atoms with Gasteiger partial charge in [-0.1, -0.05) is 12.7 Å². The highest BCUT2D eigenvalue weighted by molar-refractivity contribution is 5.72. The second-order valence-corrected chi connectivity index (χ2v) is 12.3. The summed E-state index contributed by atoms with van der Waals surface area (Å²) in [7, 11) is 2.84. The minimum Gasteiger partial charge on any atom is -0.469 e. The van der Waals surface area contributed by atoms with Gasteiger partial charge in [-0.05, 0) is 123 Å². The monoisotopic (exact) mass is 606 g/mol. The Labute approximate surface area is 262 Å². The molecule has 6 rings (SSSR count). The number of hydrogen-bond acceptors (Lipinski definition) is 4. The van der Waals surface area contributed by atoms with Gasteiger partial charge >= 0.3 is 11.9 Å². The van der Waals surface area contributed by atoms with Gasteiger partial charge in [0.15, 0.2) is 0 Å². The first kappa shape index (κ1) is 30.3. The van der Waals surface area contributed by atoms with Crippen LogP contribution in [0.3, 0.4) is 0 Å². The third kappa shape index (κ3) is 5.65. The third-order valence-electron chi connectivity index (χ3n) is 9.60. The molecule has 1 fully saturated rings. The van der Waals surface area contributed by atoms with Gasteiger partial charge in [-0.3, -0.25) is 9.59 Å². The van der Waals surface area contributed by atoms with Gasteiger partial charge < -0.3 is 29.4 Å². The Morgan fingerprint density at radius 3 is 1.87 bits per heavy atom. The summed E-state index contributed by atoms with van der Waals surface area (Å²) >= 11 is 0. The van der Waals surface area contributed by atoms with Crippen molar-refractivity contribution in [3.8, 4) is 0 Å². The van der Waals surface area contributed by atoms with Crippen LogP contribution in [0.15, 0.2) is 6.58 Å². The van der Waals surface area contributed by atoms with Crippen LogP contribution in [0.5, 0.6) is 0 Å². The number of aromatic amines is 4. The van der Waals surface area contributed by atoms with Crippen LogP contribution in [-0.2, 0) is 31.9 Å². The lowest BCUT2D eigenvalue weighted by molar-refractivity contribution is -0.141. The summed E-state index contributed by atoms with van der Waals surface area (Å²) in [6, 6.07) is 0. The topological polar surface area (TPSA) is 116 Å². The van der Waals surface area contributed by atoms with Crippen LogP contribution in [0.4, 0.5) is 0 Å². The predicted molar refractivity (Wildman–Crippen MR) is 178 cm³/mol. The number of nitrogens with one attached hydrogen (secondary N) is 4. The van der Waals surface area contributed by atoms with Gasteiger partial charge in [0.2, 0.25) is 0 Å². The fourth-order valence-electron chi connectivity index (χ4n) is 6.76. The molecule has 0 saturated heterocycles. The molecule has 1 aliphatic carbocycles. The molecular formula is C37H42N4O4. The number of ether oxygens (including phenoxy) is 2. The van der Waals surface area contributed by atoms with Gasteiger partial charge in [-0.2, -0.15) is 0 Å². The Hall–Kier alpha value is -4.72. The average molecular weight is 607 g/mol. The van der Waals surface area contributed by atoms with Gasteiger partial charge in [0, 0.05) is 62.6 Å². The molecule has 1 aliphatic heterocycles. The molecule has 4 N–H and O–H groups in total. The van der Waals surface area contributed by atoms with Gasteiger partial charge in [-0.15, -0.1) is 0 Å². The molecule has 0 amide bonds. The normalized spacial score (nSPS) is 13.7. The van der Waals surface area contributed by atoms with Crippen molar-refractivity contribution < 1.29 is 19.1 Å². The minimum absolute atomic E-state index is 0.246. The van der Waals surface area contributed by atoms with E-state index in [2.05, 4.69) is 78.5 Å². The van der Waals surface area contributed by atoms with Gasteiger partial charge in [-0.25, -0.2) is 0 Å². The fraction of sp³-hybridized carbons (Fsp3) is 0.351. The highest BCUT2D eigenvalue weighted by Gasteiger charge is 2.29. The molecule has 234 valence electrons. The first-order valence-corrected chi connectivity index (χ1v) is 15.7. The van der Waals surface area contributed by atoms with Crippen LogP contribution in [0.2, 0.25) is 0 Å². The van der Waals surface area contributed by atoms with E-state index >= 15 is 0 Å². The molecule has 8 heteroatoms. The number of fused-ring (bicyclic) bond motifs is 8. The second-order valence-electron chi connectivity index (χ2n) is 12.3. The summed E-state index contributed by atoms with van der Waals surface area (Å²) in [5.41, 5.74) is 13.2. The lowest BCUT2D eigenvalue weighted by Crippen LogP contribution is -2.14. The highest BCUT2D eigenvalue weighted by atomic mass is 16.5. The zero-order chi connectivity index (χ0) is 32.0. The van der Waals surface area contributed by atoms with Crippen molar-refractivity contribution in [2.75, 3.05) is 14.2 Å². The number of H-pyrrole nitrogens is 4. The molecule has 0 atom stereocenters. The molecule has 0 radical (unpaired) electrons. The molecule has 45 heavy (non-hydrogen) atoms. The number of aromatic nitrogens is 4. The summed E-state index contributed by atoms with van der Waals surface area (Å²) in [6.45, 7) is 12.7. The maximum Gasteiger partial charge on any atom is 0.305 e. The summed E-state index contributed by atoms with van der Waals surface area (Å²) in [6.07, 6.45) is 14.6. The number of rotatable bonds is 8. The highest BCUT2D eigenvalue weighted by Crippen LogP contribution is 2.44. The van der Waals surface area contributed by atoms with Crippen LogP contribution in [0, 0.1) is 27.7 Å². The summed E-state index contributed by atoms with van der Waals surface area (Å²) < 4.78 is 9.95. The van der Waals surface area contributed by atoms with Crippen molar-refractivity contribution in [2.45, 2.75) is 72.1 Å². The lowest BCUT2D eigenvalue weighted by Gasteiger charge is -2.03. The molecule has 0 spiro atoms. The molecule has 5 heterocycles. The number of carbonyl (C=O) groups is 2. The average Bonchev–Trinajstić information content (AvgIpc) is 3.58. The molecule has 4 aromatic rings. The molecule has 1 saturated carbocycles. The first-order valence-electron chi connectivity index (χ1n) is 15.7. The number of hydrogen-bond donors (Lipinski definition) is 4. The van der Waals surface area contributed by atoms with E-state index in [1.54, 1.807) is 0 Å². The number of methoxy groups -OCH3 is 2. The van der Waals surface area contributed by atoms with Crippen LogP contribution in [0.1, 0.15) is 98.9 Å². The summed E-state index contributed by atoms with van der Waals surface area (Å²) in [5, 5.41) is 3.93. The zero-order valence-corrected chi connectivity index (χ0v) is 27.0. The van der Waals surface area contributed by atoms with Crippen LogP contribution in [-0.4, -0.2) is 46.1 Å². The number of carbonyl (C=O) groups excluding carboxylic acids is 2. The lowest BCUT2D eigenvalue weighted by atomic mass is 10.0. The smallest absolute Gasteiger partial charge is 0.305 e. The Balaban J connectivity index is 1.68. The van der Waals surface area contributed by atoms with Crippen molar-refractivity contribution in [3.05, 3.63) is 95.3 Å². The summed E-state index contributed by atoms with van der Waals surface area (Å²) in [5.74, 6) is 0.0611.